The van der Waals surface area contributed by atoms with Gasteiger partial charge in [-0.3, -0.25) is 14.9 Å². The molecule has 0 bridgehead atoms. The van der Waals surface area contributed by atoms with Crippen LogP contribution in [0.15, 0.2) is 27.6 Å². The summed E-state index contributed by atoms with van der Waals surface area (Å²) >= 11 is 0. The lowest BCUT2D eigenvalue weighted by atomic mass is 10.2. The zero-order chi connectivity index (χ0) is 15.6. The SMILES string of the molecule is COC(=O)c1cc([N+](=O)[O-])cn(Cc2cc(C)no2)c1=O. The third kappa shape index (κ3) is 2.96. The van der Waals surface area contributed by atoms with Crippen molar-refractivity contribution in [3.8, 4) is 0 Å². The Morgan fingerprint density at radius 2 is 2.24 bits per heavy atom. The maximum Gasteiger partial charge on any atom is 0.343 e. The van der Waals surface area contributed by atoms with Crippen molar-refractivity contribution in [2.45, 2.75) is 13.5 Å². The van der Waals surface area contributed by atoms with Crippen molar-refractivity contribution in [2.75, 3.05) is 7.11 Å². The second-order valence-electron chi connectivity index (χ2n) is 4.23. The van der Waals surface area contributed by atoms with Crippen molar-refractivity contribution in [1.29, 1.82) is 0 Å². The van der Waals surface area contributed by atoms with E-state index in [0.29, 0.717) is 11.5 Å². The number of methoxy groups -OCH3 is 1. The van der Waals surface area contributed by atoms with Crippen molar-refractivity contribution in [3.63, 3.8) is 0 Å². The molecule has 0 N–H and O–H groups in total. The summed E-state index contributed by atoms with van der Waals surface area (Å²) in [7, 11) is 1.09. The maximum atomic E-state index is 12.1. The maximum absolute atomic E-state index is 12.1. The van der Waals surface area contributed by atoms with Crippen molar-refractivity contribution in [3.05, 3.63) is 55.8 Å². The number of hydrogen-bond donors (Lipinski definition) is 0. The largest absolute Gasteiger partial charge is 0.465 e. The molecule has 9 nitrogen and oxygen atoms in total. The van der Waals surface area contributed by atoms with Crippen LogP contribution in [0.25, 0.3) is 0 Å². The Morgan fingerprint density at radius 1 is 1.52 bits per heavy atom. The smallest absolute Gasteiger partial charge is 0.343 e. The zero-order valence-electron chi connectivity index (χ0n) is 11.2. The molecule has 21 heavy (non-hydrogen) atoms. The number of pyridine rings is 1. The topological polar surface area (TPSA) is 117 Å². The molecular weight excluding hydrogens is 282 g/mol. The molecule has 2 aromatic rings. The van der Waals surface area contributed by atoms with Gasteiger partial charge in [-0.25, -0.2) is 4.79 Å². The summed E-state index contributed by atoms with van der Waals surface area (Å²) in [6.45, 7) is 1.62. The molecule has 0 spiro atoms. The van der Waals surface area contributed by atoms with Gasteiger partial charge in [0.15, 0.2) is 5.76 Å². The zero-order valence-corrected chi connectivity index (χ0v) is 11.2. The Balaban J connectivity index is 2.53. The van der Waals surface area contributed by atoms with E-state index in [-0.39, 0.29) is 6.54 Å². The first-order valence-corrected chi connectivity index (χ1v) is 5.81. The molecule has 0 saturated heterocycles. The number of esters is 1. The van der Waals surface area contributed by atoms with E-state index in [4.69, 9.17) is 4.52 Å². The summed E-state index contributed by atoms with van der Waals surface area (Å²) in [4.78, 5) is 33.8. The summed E-state index contributed by atoms with van der Waals surface area (Å²) in [5.74, 6) is -0.600. The molecule has 0 amide bonds. The quantitative estimate of drug-likeness (QED) is 0.466. The van der Waals surface area contributed by atoms with E-state index in [1.807, 2.05) is 0 Å². The van der Waals surface area contributed by atoms with Crippen molar-refractivity contribution in [1.82, 2.24) is 9.72 Å². The van der Waals surface area contributed by atoms with Crippen LogP contribution < -0.4 is 5.56 Å². The third-order valence-electron chi connectivity index (χ3n) is 2.69. The van der Waals surface area contributed by atoms with Crippen LogP contribution in [0, 0.1) is 17.0 Å². The average Bonchev–Trinajstić information content (AvgIpc) is 2.85. The molecule has 0 fully saturated rings. The van der Waals surface area contributed by atoms with Gasteiger partial charge in [0.1, 0.15) is 5.56 Å². The molecule has 0 aromatic carbocycles. The number of ether oxygens (including phenoxy) is 1. The molecule has 0 aliphatic rings. The number of rotatable bonds is 4. The molecule has 2 aromatic heterocycles. The Morgan fingerprint density at radius 3 is 2.76 bits per heavy atom. The highest BCUT2D eigenvalue weighted by molar-refractivity contribution is 5.89. The van der Waals surface area contributed by atoms with E-state index >= 15 is 0 Å². The molecule has 9 heteroatoms. The molecule has 0 aliphatic heterocycles. The van der Waals surface area contributed by atoms with Gasteiger partial charge in [-0.2, -0.15) is 0 Å². The van der Waals surface area contributed by atoms with Gasteiger partial charge in [0.2, 0.25) is 0 Å². The Hall–Kier alpha value is -2.97. The molecule has 0 aliphatic carbocycles. The van der Waals surface area contributed by atoms with Gasteiger partial charge in [-0.1, -0.05) is 5.16 Å². The molecule has 0 unspecified atom stereocenters. The monoisotopic (exact) mass is 293 g/mol. The van der Waals surface area contributed by atoms with Gasteiger partial charge < -0.3 is 13.8 Å². The van der Waals surface area contributed by atoms with Gasteiger partial charge in [0.05, 0.1) is 30.5 Å². The molecular formula is C12H11N3O6. The third-order valence-corrected chi connectivity index (χ3v) is 2.69. The van der Waals surface area contributed by atoms with Crippen LogP contribution >= 0.6 is 0 Å². The van der Waals surface area contributed by atoms with Crippen molar-refractivity contribution in [2.24, 2.45) is 0 Å². The minimum absolute atomic E-state index is 0.0780. The number of hydrogen-bond acceptors (Lipinski definition) is 7. The highest BCUT2D eigenvalue weighted by Gasteiger charge is 2.20. The molecule has 110 valence electrons. The molecule has 0 atom stereocenters. The number of nitro groups is 1. The Bertz CT molecular complexity index is 761. The van der Waals surface area contributed by atoms with Gasteiger partial charge in [-0.15, -0.1) is 0 Å². The molecule has 0 saturated carbocycles. The molecule has 2 rings (SSSR count). The first kappa shape index (κ1) is 14.4. The second-order valence-corrected chi connectivity index (χ2v) is 4.23. The predicted octanol–water partition coefficient (Wildman–Crippen LogP) is 0.888. The van der Waals surface area contributed by atoms with Gasteiger partial charge in [0, 0.05) is 12.1 Å². The van der Waals surface area contributed by atoms with Crippen LogP contribution in [0.1, 0.15) is 21.8 Å². The molecule has 2 heterocycles. The minimum atomic E-state index is -0.939. The van der Waals surface area contributed by atoms with Crippen LogP contribution in [0.3, 0.4) is 0 Å². The highest BCUT2D eigenvalue weighted by Crippen LogP contribution is 2.12. The van der Waals surface area contributed by atoms with E-state index in [0.717, 1.165) is 23.9 Å². The first-order chi connectivity index (χ1) is 9.92. The fraction of sp³-hybridized carbons (Fsp3) is 0.250. The summed E-state index contributed by atoms with van der Waals surface area (Å²) in [6.07, 6.45) is 1.03. The number of carbonyl (C=O) groups is 1. The second kappa shape index (κ2) is 5.57. The van der Waals surface area contributed by atoms with Crippen LogP contribution in [0.4, 0.5) is 5.69 Å². The van der Waals surface area contributed by atoms with Gasteiger partial charge >= 0.3 is 5.97 Å². The first-order valence-electron chi connectivity index (χ1n) is 5.81. The fourth-order valence-electron chi connectivity index (χ4n) is 1.75. The summed E-state index contributed by atoms with van der Waals surface area (Å²) in [5, 5.41) is 14.5. The average molecular weight is 293 g/mol. The van der Waals surface area contributed by atoms with Crippen molar-refractivity contribution >= 4 is 11.7 Å². The lowest BCUT2D eigenvalue weighted by Gasteiger charge is -2.05. The Labute approximate surface area is 117 Å². The van der Waals surface area contributed by atoms with E-state index < -0.39 is 27.7 Å². The lowest BCUT2D eigenvalue weighted by molar-refractivity contribution is -0.385. The van der Waals surface area contributed by atoms with Crippen LogP contribution in [-0.4, -0.2) is 27.7 Å². The van der Waals surface area contributed by atoms with Crippen LogP contribution in [-0.2, 0) is 11.3 Å². The van der Waals surface area contributed by atoms with Crippen molar-refractivity contribution < 1.29 is 19.0 Å². The van der Waals surface area contributed by atoms with Crippen LogP contribution in [0.5, 0.6) is 0 Å². The van der Waals surface area contributed by atoms with E-state index in [1.54, 1.807) is 13.0 Å². The van der Waals surface area contributed by atoms with Gasteiger partial charge in [0.25, 0.3) is 11.2 Å². The number of carbonyl (C=O) groups excluding carboxylic acids is 1. The van der Waals surface area contributed by atoms with E-state index in [1.165, 1.54) is 0 Å². The van der Waals surface area contributed by atoms with Gasteiger partial charge in [-0.05, 0) is 6.92 Å². The highest BCUT2D eigenvalue weighted by atomic mass is 16.6. The number of aromatic nitrogens is 2. The fourth-order valence-corrected chi connectivity index (χ4v) is 1.75. The summed E-state index contributed by atoms with van der Waals surface area (Å²) < 4.78 is 10.4. The number of aryl methyl sites for hydroxylation is 1. The normalized spacial score (nSPS) is 10.4. The van der Waals surface area contributed by atoms with E-state index in [9.17, 15) is 19.7 Å². The lowest BCUT2D eigenvalue weighted by Crippen LogP contribution is -2.27. The summed E-state index contributed by atoms with van der Waals surface area (Å²) in [6, 6.07) is 2.47. The summed E-state index contributed by atoms with van der Waals surface area (Å²) in [5.41, 5.74) is -0.910. The minimum Gasteiger partial charge on any atom is -0.465 e. The van der Waals surface area contributed by atoms with Crippen LogP contribution in [0.2, 0.25) is 0 Å². The Kier molecular flexibility index (Phi) is 3.83. The standard InChI is InChI=1S/C12H11N3O6/c1-7-3-9(21-13-7)6-14-5-8(15(18)19)4-10(11(14)16)12(17)20-2/h3-5H,6H2,1-2H3. The predicted molar refractivity (Wildman–Crippen MR) is 69.0 cm³/mol. The molecule has 0 radical (unpaired) electrons. The van der Waals surface area contributed by atoms with E-state index in [2.05, 4.69) is 9.89 Å². The number of nitrogens with zero attached hydrogens (tertiary/aromatic N) is 3.